The fourth-order valence-corrected chi connectivity index (χ4v) is 4.72. The van der Waals surface area contributed by atoms with Crippen molar-refractivity contribution in [3.63, 3.8) is 0 Å². The van der Waals surface area contributed by atoms with Gasteiger partial charge in [0.2, 0.25) is 5.95 Å². The molecule has 1 aliphatic heterocycles. The number of nitrogens with zero attached hydrogens (tertiary/aromatic N) is 4. The van der Waals surface area contributed by atoms with Crippen molar-refractivity contribution in [2.75, 3.05) is 31.1 Å². The predicted molar refractivity (Wildman–Crippen MR) is 126 cm³/mol. The number of anilines is 1. The van der Waals surface area contributed by atoms with E-state index in [0.29, 0.717) is 18.7 Å². The second-order valence-corrected chi connectivity index (χ2v) is 8.22. The van der Waals surface area contributed by atoms with Crippen LogP contribution in [0.5, 0.6) is 5.75 Å². The molecule has 0 saturated carbocycles. The van der Waals surface area contributed by atoms with Crippen molar-refractivity contribution >= 4 is 11.9 Å². The summed E-state index contributed by atoms with van der Waals surface area (Å²) >= 11 is 0. The lowest BCUT2D eigenvalue weighted by Crippen LogP contribution is -2.44. The Hall–Kier alpha value is -3.41. The minimum absolute atomic E-state index is 0.0593. The Morgan fingerprint density at radius 3 is 2.22 bits per heavy atom. The average Bonchev–Trinajstić information content (AvgIpc) is 2.85. The molecule has 1 aliphatic rings. The van der Waals surface area contributed by atoms with Crippen LogP contribution in [0.2, 0.25) is 0 Å². The molecular formula is C26H30N4O2. The largest absolute Gasteiger partial charge is 0.508 e. The van der Waals surface area contributed by atoms with Gasteiger partial charge in [-0.1, -0.05) is 24.3 Å². The quantitative estimate of drug-likeness (QED) is 0.633. The second-order valence-electron chi connectivity index (χ2n) is 8.22. The third kappa shape index (κ3) is 4.17. The first-order chi connectivity index (χ1) is 15.6. The van der Waals surface area contributed by atoms with Crippen molar-refractivity contribution in [3.05, 3.63) is 83.7 Å². The Bertz CT molecular complexity index is 1040. The zero-order valence-electron chi connectivity index (χ0n) is 18.7. The zero-order valence-corrected chi connectivity index (χ0v) is 18.7. The van der Waals surface area contributed by atoms with E-state index in [0.717, 1.165) is 43.0 Å². The highest BCUT2D eigenvalue weighted by atomic mass is 16.3. The number of hydrogen-bond donors (Lipinski definition) is 1. The topological polar surface area (TPSA) is 69.6 Å². The summed E-state index contributed by atoms with van der Waals surface area (Å²) in [4.78, 5) is 25.6. The van der Waals surface area contributed by atoms with Gasteiger partial charge in [-0.05, 0) is 68.1 Å². The molecule has 1 aromatic heterocycles. The number of carbonyl (C=O) groups is 1. The van der Waals surface area contributed by atoms with Crippen molar-refractivity contribution in [2.45, 2.75) is 32.1 Å². The van der Waals surface area contributed by atoms with Crippen LogP contribution in [-0.2, 0) is 5.41 Å². The molecule has 0 radical (unpaired) electrons. The molecule has 6 nitrogen and oxygen atoms in total. The van der Waals surface area contributed by atoms with Crippen LogP contribution in [0.15, 0.2) is 67.0 Å². The van der Waals surface area contributed by atoms with Gasteiger partial charge in [-0.15, -0.1) is 0 Å². The number of benzene rings is 2. The van der Waals surface area contributed by atoms with Gasteiger partial charge in [0.05, 0.1) is 0 Å². The first-order valence-corrected chi connectivity index (χ1v) is 11.3. The first kappa shape index (κ1) is 21.8. The summed E-state index contributed by atoms with van der Waals surface area (Å²) in [6.07, 6.45) is 5.26. The molecular weight excluding hydrogens is 400 g/mol. The van der Waals surface area contributed by atoms with Crippen LogP contribution in [0.4, 0.5) is 5.95 Å². The Kier molecular flexibility index (Phi) is 6.40. The van der Waals surface area contributed by atoms with Gasteiger partial charge in [0.25, 0.3) is 5.91 Å². The minimum Gasteiger partial charge on any atom is -0.508 e. The van der Waals surface area contributed by atoms with Gasteiger partial charge < -0.3 is 14.9 Å². The molecule has 0 atom stereocenters. The van der Waals surface area contributed by atoms with E-state index < -0.39 is 0 Å². The van der Waals surface area contributed by atoms with Crippen molar-refractivity contribution < 1.29 is 9.90 Å². The minimum atomic E-state index is -0.249. The van der Waals surface area contributed by atoms with Crippen molar-refractivity contribution in [2.24, 2.45) is 0 Å². The maximum Gasteiger partial charge on any atom is 0.253 e. The second kappa shape index (κ2) is 9.39. The van der Waals surface area contributed by atoms with Gasteiger partial charge in [0, 0.05) is 49.6 Å². The van der Waals surface area contributed by atoms with Gasteiger partial charge in [-0.2, -0.15) is 0 Å². The SMILES string of the molecule is CCN(CC)C(=O)c1ccc(C2(c3cccc(O)c3)CCN(c3ncccn3)CC2)cc1. The normalized spacial score (nSPS) is 15.4. The van der Waals surface area contributed by atoms with Gasteiger partial charge in [-0.3, -0.25) is 4.79 Å². The molecule has 2 aromatic carbocycles. The smallest absolute Gasteiger partial charge is 0.253 e. The van der Waals surface area contributed by atoms with E-state index in [1.165, 1.54) is 0 Å². The highest BCUT2D eigenvalue weighted by Crippen LogP contribution is 2.43. The lowest BCUT2D eigenvalue weighted by atomic mass is 9.68. The molecule has 6 heteroatoms. The lowest BCUT2D eigenvalue weighted by Gasteiger charge is -2.43. The molecule has 1 fully saturated rings. The van der Waals surface area contributed by atoms with E-state index >= 15 is 0 Å². The highest BCUT2D eigenvalue weighted by molar-refractivity contribution is 5.94. The Morgan fingerprint density at radius 2 is 1.62 bits per heavy atom. The maximum absolute atomic E-state index is 12.8. The summed E-state index contributed by atoms with van der Waals surface area (Å²) in [6, 6.07) is 17.4. The number of phenolic OH excluding ortho intramolecular Hbond substituents is 1. The highest BCUT2D eigenvalue weighted by Gasteiger charge is 2.38. The number of hydrogen-bond acceptors (Lipinski definition) is 5. The summed E-state index contributed by atoms with van der Waals surface area (Å²) in [6.45, 7) is 7.00. The Labute approximate surface area is 189 Å². The van der Waals surface area contributed by atoms with Crippen LogP contribution in [-0.4, -0.2) is 52.1 Å². The molecule has 3 aromatic rings. The Balaban J connectivity index is 1.66. The third-order valence-electron chi connectivity index (χ3n) is 6.59. The van der Waals surface area contributed by atoms with E-state index in [-0.39, 0.29) is 17.1 Å². The standard InChI is InChI=1S/C26H30N4O2/c1-3-29(4-2)24(32)20-9-11-21(12-10-20)26(22-7-5-8-23(31)19-22)13-17-30(18-14-26)25-27-15-6-16-28-25/h5-12,15-16,19,31H,3-4,13-14,17-18H2,1-2H3. The summed E-state index contributed by atoms with van der Waals surface area (Å²) in [5, 5.41) is 10.2. The number of aromatic nitrogens is 2. The predicted octanol–water partition coefficient (Wildman–Crippen LogP) is 4.25. The maximum atomic E-state index is 12.8. The van der Waals surface area contributed by atoms with E-state index in [1.807, 2.05) is 49.1 Å². The Morgan fingerprint density at radius 1 is 0.969 bits per heavy atom. The van der Waals surface area contributed by atoms with E-state index in [4.69, 9.17) is 0 Å². The molecule has 4 rings (SSSR count). The summed E-state index contributed by atoms with van der Waals surface area (Å²) in [5.74, 6) is 1.07. The average molecular weight is 431 g/mol. The van der Waals surface area contributed by atoms with E-state index in [1.54, 1.807) is 18.5 Å². The van der Waals surface area contributed by atoms with Crippen LogP contribution in [0.3, 0.4) is 0 Å². The molecule has 1 N–H and O–H groups in total. The number of carbonyl (C=O) groups excluding carboxylic acids is 1. The molecule has 0 aliphatic carbocycles. The molecule has 2 heterocycles. The zero-order chi connectivity index (χ0) is 22.6. The van der Waals surface area contributed by atoms with Crippen molar-refractivity contribution in [1.29, 1.82) is 0 Å². The van der Waals surface area contributed by atoms with Crippen molar-refractivity contribution in [1.82, 2.24) is 14.9 Å². The molecule has 0 bridgehead atoms. The van der Waals surface area contributed by atoms with Gasteiger partial charge in [0.1, 0.15) is 5.75 Å². The first-order valence-electron chi connectivity index (χ1n) is 11.3. The van der Waals surface area contributed by atoms with E-state index in [9.17, 15) is 9.90 Å². The molecule has 32 heavy (non-hydrogen) atoms. The number of phenols is 1. The number of rotatable bonds is 6. The molecule has 1 amide bonds. The van der Waals surface area contributed by atoms with Gasteiger partial charge in [0.15, 0.2) is 0 Å². The lowest BCUT2D eigenvalue weighted by molar-refractivity contribution is 0.0773. The number of piperidine rings is 1. The van der Waals surface area contributed by atoms with Crippen LogP contribution in [0.25, 0.3) is 0 Å². The molecule has 0 spiro atoms. The van der Waals surface area contributed by atoms with Gasteiger partial charge in [-0.25, -0.2) is 9.97 Å². The van der Waals surface area contributed by atoms with Crippen LogP contribution in [0.1, 0.15) is 48.2 Å². The summed E-state index contributed by atoms with van der Waals surface area (Å²) < 4.78 is 0. The van der Waals surface area contributed by atoms with Gasteiger partial charge >= 0.3 is 0 Å². The van der Waals surface area contributed by atoms with Crippen LogP contribution >= 0.6 is 0 Å². The molecule has 166 valence electrons. The van der Waals surface area contributed by atoms with Crippen LogP contribution < -0.4 is 4.90 Å². The number of amides is 1. The fourth-order valence-electron chi connectivity index (χ4n) is 4.72. The third-order valence-corrected chi connectivity index (χ3v) is 6.59. The summed E-state index contributed by atoms with van der Waals surface area (Å²) in [7, 11) is 0. The monoisotopic (exact) mass is 430 g/mol. The molecule has 1 saturated heterocycles. The summed E-state index contributed by atoms with van der Waals surface area (Å²) in [5.41, 5.74) is 2.71. The fraction of sp³-hybridized carbons (Fsp3) is 0.346. The van der Waals surface area contributed by atoms with E-state index in [2.05, 4.69) is 33.1 Å². The number of aromatic hydroxyl groups is 1. The van der Waals surface area contributed by atoms with Crippen molar-refractivity contribution in [3.8, 4) is 5.75 Å². The van der Waals surface area contributed by atoms with Crippen LogP contribution in [0, 0.1) is 0 Å². The molecule has 0 unspecified atom stereocenters.